The van der Waals surface area contributed by atoms with Gasteiger partial charge in [0.2, 0.25) is 5.91 Å². The van der Waals surface area contributed by atoms with Crippen molar-refractivity contribution in [2.75, 3.05) is 13.2 Å². The van der Waals surface area contributed by atoms with Crippen LogP contribution >= 0.6 is 0 Å². The Kier molecular flexibility index (Phi) is 23.6. The van der Waals surface area contributed by atoms with Crippen LogP contribution in [0, 0.1) is 0 Å². The molecule has 0 bridgehead atoms. The van der Waals surface area contributed by atoms with Crippen molar-refractivity contribution < 1.29 is 39.8 Å². The number of unbranched alkanes of at least 4 members (excludes halogenated alkanes) is 11. The molecule has 0 aliphatic carbocycles. The zero-order chi connectivity index (χ0) is 31.7. The lowest BCUT2D eigenvalue weighted by molar-refractivity contribution is -0.302. The van der Waals surface area contributed by atoms with Gasteiger partial charge in [-0.1, -0.05) is 102 Å². The van der Waals surface area contributed by atoms with E-state index in [0.717, 1.165) is 64.2 Å². The van der Waals surface area contributed by atoms with Crippen LogP contribution < -0.4 is 5.32 Å². The number of aliphatic hydroxyl groups is 5. The molecule has 1 amide bonds. The Hall–Kier alpha value is -1.59. The Balaban J connectivity index is 2.55. The number of carbonyl (C=O) groups excluding carboxylic acids is 1. The van der Waals surface area contributed by atoms with Gasteiger partial charge in [0.05, 0.1) is 25.4 Å². The first kappa shape index (κ1) is 39.4. The Bertz CT molecular complexity index is 771. The summed E-state index contributed by atoms with van der Waals surface area (Å²) in [5.74, 6) is -0.205. The summed E-state index contributed by atoms with van der Waals surface area (Å²) in [7, 11) is 0. The number of ether oxygens (including phenoxy) is 2. The fourth-order valence-electron chi connectivity index (χ4n) is 4.89. The van der Waals surface area contributed by atoms with E-state index in [-0.39, 0.29) is 12.5 Å². The number of aliphatic hydroxyl groups excluding tert-OH is 5. The summed E-state index contributed by atoms with van der Waals surface area (Å²) >= 11 is 0. The summed E-state index contributed by atoms with van der Waals surface area (Å²) in [4.78, 5) is 12.7. The summed E-state index contributed by atoms with van der Waals surface area (Å²) in [6.07, 6.45) is 20.7. The molecule has 0 aromatic rings. The molecule has 7 atom stereocenters. The minimum Gasteiger partial charge on any atom is -0.394 e. The van der Waals surface area contributed by atoms with E-state index in [2.05, 4.69) is 43.5 Å². The Morgan fingerprint density at radius 1 is 0.767 bits per heavy atom. The van der Waals surface area contributed by atoms with Crippen molar-refractivity contribution in [2.45, 2.75) is 159 Å². The van der Waals surface area contributed by atoms with Crippen molar-refractivity contribution >= 4 is 5.91 Å². The van der Waals surface area contributed by atoms with Crippen molar-refractivity contribution in [3.05, 3.63) is 36.5 Å². The predicted octanol–water partition coefficient (Wildman–Crippen LogP) is 4.60. The molecule has 1 aliphatic heterocycles. The molecule has 1 heterocycles. The molecule has 43 heavy (non-hydrogen) atoms. The Labute approximate surface area is 260 Å². The SMILES string of the molecule is CCCCCC/C=C/CC/C=C/CC/C=C/C(O)C(COC1OC(CO)C(O)C(O)C1O)NC(=O)CCCCCCCC. The Morgan fingerprint density at radius 3 is 1.95 bits per heavy atom. The molecule has 1 rings (SSSR count). The highest BCUT2D eigenvalue weighted by atomic mass is 16.7. The van der Waals surface area contributed by atoms with E-state index < -0.39 is 49.5 Å². The largest absolute Gasteiger partial charge is 0.394 e. The number of carbonyl (C=O) groups is 1. The lowest BCUT2D eigenvalue weighted by Crippen LogP contribution is -2.60. The molecule has 1 saturated heterocycles. The van der Waals surface area contributed by atoms with E-state index in [9.17, 15) is 30.3 Å². The molecule has 1 aliphatic rings. The quantitative estimate of drug-likeness (QED) is 0.0648. The average molecular weight is 612 g/mol. The van der Waals surface area contributed by atoms with Crippen LogP contribution in [0.4, 0.5) is 0 Å². The van der Waals surface area contributed by atoms with Gasteiger partial charge in [0.25, 0.3) is 0 Å². The van der Waals surface area contributed by atoms with Crippen LogP contribution in [-0.4, -0.2) is 87.5 Å². The summed E-state index contributed by atoms with van der Waals surface area (Å²) in [6.45, 7) is 3.61. The lowest BCUT2D eigenvalue weighted by atomic mass is 9.99. The maximum atomic E-state index is 12.7. The predicted molar refractivity (Wildman–Crippen MR) is 170 cm³/mol. The van der Waals surface area contributed by atoms with Crippen molar-refractivity contribution in [3.63, 3.8) is 0 Å². The monoisotopic (exact) mass is 611 g/mol. The van der Waals surface area contributed by atoms with Crippen molar-refractivity contribution in [3.8, 4) is 0 Å². The van der Waals surface area contributed by atoms with Gasteiger partial charge in [0, 0.05) is 6.42 Å². The van der Waals surface area contributed by atoms with Crippen LogP contribution in [0.25, 0.3) is 0 Å². The number of amides is 1. The number of allylic oxidation sites excluding steroid dienone is 5. The van der Waals surface area contributed by atoms with Gasteiger partial charge in [0.1, 0.15) is 24.4 Å². The molecule has 250 valence electrons. The number of nitrogens with one attached hydrogen (secondary N) is 1. The maximum Gasteiger partial charge on any atom is 0.220 e. The van der Waals surface area contributed by atoms with Crippen LogP contribution in [0.5, 0.6) is 0 Å². The standard InChI is InChI=1S/C34H61NO8/c1-3-5-7-9-11-12-13-14-15-16-17-18-19-21-23-28(37)27(35-30(38)24-22-20-10-8-6-4-2)26-42-34-33(41)32(40)31(39)29(25-36)43-34/h12-13,16-17,21,23,27-29,31-34,36-37,39-41H,3-11,14-15,18-20,22,24-26H2,1-2H3,(H,35,38)/b13-12+,17-16+,23-21+. The number of hydrogen-bond acceptors (Lipinski definition) is 8. The van der Waals surface area contributed by atoms with Crippen LogP contribution in [0.1, 0.15) is 117 Å². The van der Waals surface area contributed by atoms with Gasteiger partial charge in [-0.2, -0.15) is 0 Å². The zero-order valence-corrected chi connectivity index (χ0v) is 26.7. The van der Waals surface area contributed by atoms with Gasteiger partial charge in [0.15, 0.2) is 6.29 Å². The highest BCUT2D eigenvalue weighted by Crippen LogP contribution is 2.22. The first-order valence-corrected chi connectivity index (χ1v) is 16.7. The third-order valence-corrected chi connectivity index (χ3v) is 7.70. The number of rotatable bonds is 25. The molecule has 7 unspecified atom stereocenters. The molecule has 6 N–H and O–H groups in total. The van der Waals surface area contributed by atoms with Crippen LogP contribution in [-0.2, 0) is 14.3 Å². The summed E-state index contributed by atoms with van der Waals surface area (Å²) in [5, 5.41) is 53.5. The van der Waals surface area contributed by atoms with Crippen LogP contribution in [0.2, 0.25) is 0 Å². The molecule has 0 aromatic heterocycles. The van der Waals surface area contributed by atoms with Gasteiger partial charge >= 0.3 is 0 Å². The molecule has 9 nitrogen and oxygen atoms in total. The molecule has 0 spiro atoms. The lowest BCUT2D eigenvalue weighted by Gasteiger charge is -2.40. The molecule has 0 aromatic carbocycles. The van der Waals surface area contributed by atoms with E-state index in [1.807, 2.05) is 6.08 Å². The number of hydrogen-bond donors (Lipinski definition) is 6. The Morgan fingerprint density at radius 2 is 1.33 bits per heavy atom. The molecule has 0 radical (unpaired) electrons. The second kappa shape index (κ2) is 25.7. The normalized spacial score (nSPS) is 24.3. The topological polar surface area (TPSA) is 149 Å². The third kappa shape index (κ3) is 18.1. The smallest absolute Gasteiger partial charge is 0.220 e. The molecule has 0 saturated carbocycles. The van der Waals surface area contributed by atoms with Crippen LogP contribution in [0.15, 0.2) is 36.5 Å². The van der Waals surface area contributed by atoms with E-state index in [4.69, 9.17) is 9.47 Å². The summed E-state index contributed by atoms with van der Waals surface area (Å²) < 4.78 is 11.1. The molecule has 9 heteroatoms. The van der Waals surface area contributed by atoms with Crippen molar-refractivity contribution in [1.29, 1.82) is 0 Å². The minimum atomic E-state index is -1.57. The second-order valence-electron chi connectivity index (χ2n) is 11.6. The molecule has 1 fully saturated rings. The van der Waals surface area contributed by atoms with Gasteiger partial charge < -0.3 is 40.3 Å². The first-order valence-electron chi connectivity index (χ1n) is 16.7. The average Bonchev–Trinajstić information content (AvgIpc) is 3.00. The van der Waals surface area contributed by atoms with Crippen molar-refractivity contribution in [1.82, 2.24) is 5.32 Å². The second-order valence-corrected chi connectivity index (χ2v) is 11.6. The van der Waals surface area contributed by atoms with Crippen LogP contribution in [0.3, 0.4) is 0 Å². The van der Waals surface area contributed by atoms with E-state index in [0.29, 0.717) is 6.42 Å². The first-order chi connectivity index (χ1) is 20.8. The fraction of sp³-hybridized carbons (Fsp3) is 0.794. The minimum absolute atomic E-state index is 0.205. The van der Waals surface area contributed by atoms with E-state index in [1.165, 1.54) is 32.1 Å². The molecular weight excluding hydrogens is 550 g/mol. The van der Waals surface area contributed by atoms with E-state index in [1.54, 1.807) is 6.08 Å². The summed E-state index contributed by atoms with van der Waals surface area (Å²) in [5.41, 5.74) is 0. The van der Waals surface area contributed by atoms with Gasteiger partial charge in [-0.25, -0.2) is 0 Å². The summed E-state index contributed by atoms with van der Waals surface area (Å²) in [6, 6.07) is -0.819. The maximum absolute atomic E-state index is 12.7. The fourth-order valence-corrected chi connectivity index (χ4v) is 4.89. The highest BCUT2D eigenvalue weighted by Gasteiger charge is 2.44. The zero-order valence-electron chi connectivity index (χ0n) is 26.7. The van der Waals surface area contributed by atoms with Gasteiger partial charge in [-0.15, -0.1) is 0 Å². The van der Waals surface area contributed by atoms with E-state index >= 15 is 0 Å². The molecular formula is C34H61NO8. The third-order valence-electron chi connectivity index (χ3n) is 7.70. The van der Waals surface area contributed by atoms with Gasteiger partial charge in [-0.05, 0) is 44.9 Å². The van der Waals surface area contributed by atoms with Crippen molar-refractivity contribution in [2.24, 2.45) is 0 Å². The van der Waals surface area contributed by atoms with Gasteiger partial charge in [-0.3, -0.25) is 4.79 Å². The highest BCUT2D eigenvalue weighted by molar-refractivity contribution is 5.76.